The number of halogens is 3. The molecule has 2 N–H and O–H groups in total. The van der Waals surface area contributed by atoms with E-state index in [9.17, 15) is 13.2 Å². The van der Waals surface area contributed by atoms with Crippen molar-refractivity contribution in [3.8, 4) is 0 Å². The number of para-hydroxylation sites is 1. The van der Waals surface area contributed by atoms with Gasteiger partial charge >= 0.3 is 12.1 Å². The lowest BCUT2D eigenvalue weighted by molar-refractivity contribution is -0.192. The molecule has 1 aliphatic heterocycles. The number of alkyl halides is 3. The molecule has 0 spiro atoms. The van der Waals surface area contributed by atoms with Crippen LogP contribution in [-0.4, -0.2) is 28.4 Å². The van der Waals surface area contributed by atoms with Crippen molar-refractivity contribution in [3.05, 3.63) is 35.5 Å². The second kappa shape index (κ2) is 7.25. The van der Waals surface area contributed by atoms with E-state index in [0.717, 1.165) is 26.1 Å². The topological polar surface area (TPSA) is 54.3 Å². The molecular weight excluding hydrogens is 321 g/mol. The smallest absolute Gasteiger partial charge is 0.475 e. The van der Waals surface area contributed by atoms with E-state index in [2.05, 4.69) is 48.0 Å². The molecule has 2 aromatic rings. The van der Waals surface area contributed by atoms with E-state index in [-0.39, 0.29) is 0 Å². The summed E-state index contributed by atoms with van der Waals surface area (Å²) >= 11 is 0. The van der Waals surface area contributed by atoms with Crippen molar-refractivity contribution in [1.29, 1.82) is 0 Å². The third-order valence-corrected chi connectivity index (χ3v) is 3.82. The number of rotatable bonds is 2. The van der Waals surface area contributed by atoms with Gasteiger partial charge in [0.1, 0.15) is 0 Å². The van der Waals surface area contributed by atoms with Gasteiger partial charge in [-0.25, -0.2) is 4.79 Å². The van der Waals surface area contributed by atoms with Gasteiger partial charge in [0.05, 0.1) is 0 Å². The molecule has 132 valence electrons. The van der Waals surface area contributed by atoms with Crippen molar-refractivity contribution in [2.45, 2.75) is 39.5 Å². The van der Waals surface area contributed by atoms with Gasteiger partial charge in [-0.1, -0.05) is 32.0 Å². The second-order valence-corrected chi connectivity index (χ2v) is 6.18. The SMILES string of the molecule is CC(C)Cn1c2c(c3ccccc31)CNCC2.O=C(O)C(F)(F)F. The molecule has 1 aromatic heterocycles. The van der Waals surface area contributed by atoms with Gasteiger partial charge < -0.3 is 15.0 Å². The van der Waals surface area contributed by atoms with Gasteiger partial charge in [0, 0.05) is 42.7 Å². The van der Waals surface area contributed by atoms with E-state index in [1.165, 1.54) is 16.5 Å². The summed E-state index contributed by atoms with van der Waals surface area (Å²) in [5.74, 6) is -2.06. The van der Waals surface area contributed by atoms with Crippen molar-refractivity contribution in [2.75, 3.05) is 6.54 Å². The number of aliphatic carboxylic acids is 1. The van der Waals surface area contributed by atoms with Crippen LogP contribution >= 0.6 is 0 Å². The Morgan fingerprint density at radius 3 is 2.54 bits per heavy atom. The molecule has 0 fully saturated rings. The lowest BCUT2D eigenvalue weighted by Crippen LogP contribution is -2.25. The highest BCUT2D eigenvalue weighted by Crippen LogP contribution is 2.29. The zero-order valence-corrected chi connectivity index (χ0v) is 13.7. The molecule has 0 bridgehead atoms. The van der Waals surface area contributed by atoms with Gasteiger partial charge in [-0.3, -0.25) is 0 Å². The standard InChI is InChI=1S/C15H20N2.C2HF3O2/c1-11(2)10-17-14-6-4-3-5-12(14)13-9-16-8-7-15(13)17;3-2(4,5)1(6)7/h3-6,11,16H,7-10H2,1-2H3;(H,6,7). The van der Waals surface area contributed by atoms with E-state index in [1.54, 1.807) is 5.69 Å². The summed E-state index contributed by atoms with van der Waals surface area (Å²) in [6, 6.07) is 8.82. The molecule has 2 heterocycles. The van der Waals surface area contributed by atoms with E-state index >= 15 is 0 Å². The molecule has 24 heavy (non-hydrogen) atoms. The van der Waals surface area contributed by atoms with Gasteiger partial charge in [-0.05, 0) is 17.5 Å². The highest BCUT2D eigenvalue weighted by atomic mass is 19.4. The Kier molecular flexibility index (Phi) is 5.54. The highest BCUT2D eigenvalue weighted by molar-refractivity contribution is 5.85. The van der Waals surface area contributed by atoms with E-state index in [1.807, 2.05) is 0 Å². The monoisotopic (exact) mass is 342 g/mol. The molecule has 0 saturated heterocycles. The normalized spacial score (nSPS) is 14.2. The maximum atomic E-state index is 10.6. The van der Waals surface area contributed by atoms with Gasteiger partial charge in [-0.2, -0.15) is 13.2 Å². The first-order chi connectivity index (χ1) is 11.2. The third-order valence-electron chi connectivity index (χ3n) is 3.82. The van der Waals surface area contributed by atoms with Gasteiger partial charge in [-0.15, -0.1) is 0 Å². The van der Waals surface area contributed by atoms with E-state index in [4.69, 9.17) is 9.90 Å². The van der Waals surface area contributed by atoms with Crippen LogP contribution in [-0.2, 0) is 24.3 Å². The molecule has 0 radical (unpaired) electrons. The Balaban J connectivity index is 0.000000256. The molecule has 4 nitrogen and oxygen atoms in total. The van der Waals surface area contributed by atoms with Crippen molar-refractivity contribution in [2.24, 2.45) is 5.92 Å². The first kappa shape index (κ1) is 18.3. The van der Waals surface area contributed by atoms with Crippen LogP contribution in [0.15, 0.2) is 24.3 Å². The maximum absolute atomic E-state index is 10.6. The van der Waals surface area contributed by atoms with Crippen LogP contribution in [0.25, 0.3) is 10.9 Å². The third kappa shape index (κ3) is 4.08. The molecule has 3 rings (SSSR count). The molecule has 1 aromatic carbocycles. The number of benzene rings is 1. The van der Waals surface area contributed by atoms with Gasteiger partial charge in [0.2, 0.25) is 0 Å². The fourth-order valence-corrected chi connectivity index (χ4v) is 2.90. The number of fused-ring (bicyclic) bond motifs is 3. The predicted molar refractivity (Wildman–Crippen MR) is 85.9 cm³/mol. The minimum Gasteiger partial charge on any atom is -0.475 e. The largest absolute Gasteiger partial charge is 0.490 e. The van der Waals surface area contributed by atoms with Crippen molar-refractivity contribution in [3.63, 3.8) is 0 Å². The predicted octanol–water partition coefficient (Wildman–Crippen LogP) is 3.58. The number of carboxylic acids is 1. The van der Waals surface area contributed by atoms with E-state index < -0.39 is 12.1 Å². The van der Waals surface area contributed by atoms with Crippen LogP contribution in [0.3, 0.4) is 0 Å². The average molecular weight is 342 g/mol. The summed E-state index contributed by atoms with van der Waals surface area (Å²) in [6.07, 6.45) is -3.92. The van der Waals surface area contributed by atoms with Crippen molar-refractivity contribution >= 4 is 16.9 Å². The molecule has 1 aliphatic rings. The first-order valence-corrected chi connectivity index (χ1v) is 7.81. The Morgan fingerprint density at radius 2 is 1.96 bits per heavy atom. The van der Waals surface area contributed by atoms with Crippen LogP contribution in [0.4, 0.5) is 13.2 Å². The summed E-state index contributed by atoms with van der Waals surface area (Å²) in [5, 5.41) is 12.1. The summed E-state index contributed by atoms with van der Waals surface area (Å²) in [6.45, 7) is 7.86. The number of hydrogen-bond acceptors (Lipinski definition) is 2. The molecule has 0 unspecified atom stereocenters. The summed E-state index contributed by atoms with van der Waals surface area (Å²) < 4.78 is 34.3. The van der Waals surface area contributed by atoms with Crippen molar-refractivity contribution in [1.82, 2.24) is 9.88 Å². The van der Waals surface area contributed by atoms with Crippen LogP contribution in [0, 0.1) is 5.92 Å². The van der Waals surface area contributed by atoms with Crippen molar-refractivity contribution < 1.29 is 23.1 Å². The second-order valence-electron chi connectivity index (χ2n) is 6.18. The molecule has 0 amide bonds. The average Bonchev–Trinajstić information content (AvgIpc) is 2.82. The Bertz CT molecular complexity index is 720. The van der Waals surface area contributed by atoms with Crippen LogP contribution in [0.5, 0.6) is 0 Å². The molecule has 0 aliphatic carbocycles. The zero-order valence-electron chi connectivity index (χ0n) is 13.7. The number of carboxylic acid groups (broad SMARTS) is 1. The summed E-state index contributed by atoms with van der Waals surface area (Å²) in [4.78, 5) is 8.90. The van der Waals surface area contributed by atoms with Gasteiger partial charge in [0.25, 0.3) is 0 Å². The lowest BCUT2D eigenvalue weighted by Gasteiger charge is -2.18. The molecule has 7 heteroatoms. The number of aromatic nitrogens is 1. The molecule has 0 atom stereocenters. The van der Waals surface area contributed by atoms with Crippen LogP contribution in [0.2, 0.25) is 0 Å². The summed E-state index contributed by atoms with van der Waals surface area (Å²) in [7, 11) is 0. The quantitative estimate of drug-likeness (QED) is 0.877. The number of hydrogen-bond donors (Lipinski definition) is 2. The Morgan fingerprint density at radius 1 is 1.33 bits per heavy atom. The minimum atomic E-state index is -5.08. The molecule has 0 saturated carbocycles. The fourth-order valence-electron chi connectivity index (χ4n) is 2.90. The molecular formula is C17H21F3N2O2. The number of carbonyl (C=O) groups is 1. The van der Waals surface area contributed by atoms with Gasteiger partial charge in [0.15, 0.2) is 0 Å². The minimum absolute atomic E-state index is 0.699. The van der Waals surface area contributed by atoms with Crippen LogP contribution < -0.4 is 5.32 Å². The maximum Gasteiger partial charge on any atom is 0.490 e. The summed E-state index contributed by atoms with van der Waals surface area (Å²) in [5.41, 5.74) is 4.49. The van der Waals surface area contributed by atoms with E-state index in [0.29, 0.717) is 5.92 Å². The highest BCUT2D eigenvalue weighted by Gasteiger charge is 2.38. The Hall–Kier alpha value is -2.02. The number of nitrogens with zero attached hydrogens (tertiary/aromatic N) is 1. The zero-order chi connectivity index (χ0) is 17.9. The number of nitrogens with one attached hydrogen (secondary N) is 1. The lowest BCUT2D eigenvalue weighted by atomic mass is 10.1. The fraction of sp³-hybridized carbons (Fsp3) is 0.471. The van der Waals surface area contributed by atoms with Crippen LogP contribution in [0.1, 0.15) is 25.1 Å². The first-order valence-electron chi connectivity index (χ1n) is 7.81. The Labute approximate surface area is 138 Å².